The van der Waals surface area contributed by atoms with Crippen molar-refractivity contribution in [2.24, 2.45) is 0 Å². The molecule has 2 aliphatic rings. The van der Waals surface area contributed by atoms with Gasteiger partial charge in [0, 0.05) is 0 Å². The van der Waals surface area contributed by atoms with Crippen LogP contribution in [0.5, 0.6) is 11.5 Å². The van der Waals surface area contributed by atoms with E-state index in [9.17, 15) is 10.1 Å². The number of halogens is 1. The topological polar surface area (TPSA) is 109 Å². The first kappa shape index (κ1) is 31.9. The third kappa shape index (κ3) is 6.30. The molecular weight excluding hydrogens is 648 g/mol. The fraction of sp³-hybridized carbons (Fsp3) is 0.382. The molecule has 2 aliphatic heterocycles. The van der Waals surface area contributed by atoms with Gasteiger partial charge in [0.2, 0.25) is 0 Å². The Hall–Kier alpha value is -4.10. The number of carbonyl (C=O) groups is 1. The number of fused-ring (bicyclic) bond motifs is 1. The maximum atomic E-state index is 15.6. The summed E-state index contributed by atoms with van der Waals surface area (Å²) in [5.74, 6) is 0.223. The summed E-state index contributed by atoms with van der Waals surface area (Å²) in [5.41, 5.74) is 0.947. The van der Waals surface area contributed by atoms with E-state index in [1.165, 1.54) is 29.2 Å². The van der Waals surface area contributed by atoms with Crippen LogP contribution in [0.3, 0.4) is 0 Å². The van der Waals surface area contributed by atoms with Gasteiger partial charge in [0.25, 0.3) is 0 Å². The Morgan fingerprint density at radius 3 is 2.67 bits per heavy atom. The minimum absolute atomic E-state index is 0.127. The first-order valence-corrected chi connectivity index (χ1v) is 16.7. The molecule has 4 heterocycles. The van der Waals surface area contributed by atoms with E-state index in [2.05, 4.69) is 27.9 Å². The van der Waals surface area contributed by atoms with Crippen LogP contribution < -0.4 is 9.22 Å². The summed E-state index contributed by atoms with van der Waals surface area (Å²) in [6.07, 6.45) is 4.83. The standard InChI is InChI=1S/C34H37AsFN7O3/c1-4-42(24-19-45-20-24)34(2,3)16-22(17-37)33(44)41-14-8-9-23(41)18-43-32-29(31(35)38-21-39-32)30(40-43)27-13-12-26(15-28(27)36)46-25-10-6-5-7-11-25/h5-7,10-13,15-16,21,23-24H,4,8-9,14,18-20,35H2,1-3H3/t23-/m1/s1. The third-order valence-electron chi connectivity index (χ3n) is 8.75. The van der Waals surface area contributed by atoms with Crippen LogP contribution in [0, 0.1) is 17.1 Å². The monoisotopic (exact) mass is 685 g/mol. The summed E-state index contributed by atoms with van der Waals surface area (Å²) in [5, 5.41) is 15.6. The van der Waals surface area contributed by atoms with Crippen molar-refractivity contribution in [3.8, 4) is 28.8 Å². The van der Waals surface area contributed by atoms with E-state index in [0.29, 0.717) is 60.1 Å². The number of benzene rings is 2. The van der Waals surface area contributed by atoms with Crippen LogP contribution in [-0.2, 0) is 16.1 Å². The van der Waals surface area contributed by atoms with Gasteiger partial charge in [-0.3, -0.25) is 0 Å². The van der Waals surface area contributed by atoms with Gasteiger partial charge >= 0.3 is 240 Å². The summed E-state index contributed by atoms with van der Waals surface area (Å²) in [6, 6.07) is 16.2. The zero-order valence-corrected chi connectivity index (χ0v) is 28.6. The molecule has 0 N–H and O–H groups in total. The summed E-state index contributed by atoms with van der Waals surface area (Å²) in [7, 11) is 0. The van der Waals surface area contributed by atoms with E-state index in [0.717, 1.165) is 23.9 Å². The van der Waals surface area contributed by atoms with Crippen molar-refractivity contribution in [2.75, 3.05) is 26.3 Å². The first-order valence-electron chi connectivity index (χ1n) is 15.5. The zero-order valence-electron chi connectivity index (χ0n) is 26.2. The summed E-state index contributed by atoms with van der Waals surface area (Å²) >= 11 is 1.29. The number of likely N-dealkylation sites (tertiary alicyclic amines) is 1. The van der Waals surface area contributed by atoms with Gasteiger partial charge in [-0.25, -0.2) is 0 Å². The number of carbonyl (C=O) groups excluding carboxylic acids is 1. The van der Waals surface area contributed by atoms with Crippen LogP contribution in [0.15, 0.2) is 66.5 Å². The van der Waals surface area contributed by atoms with Crippen molar-refractivity contribution in [2.45, 2.75) is 57.8 Å². The number of hydrogen-bond donors (Lipinski definition) is 0. The average Bonchev–Trinajstić information content (AvgIpc) is 3.63. The van der Waals surface area contributed by atoms with E-state index >= 15 is 4.39 Å². The third-order valence-corrected chi connectivity index (χ3v) is 9.66. The van der Waals surface area contributed by atoms with Gasteiger partial charge in [-0.15, -0.1) is 0 Å². The molecule has 0 saturated carbocycles. The Bertz CT molecular complexity index is 1820. The van der Waals surface area contributed by atoms with Gasteiger partial charge in [0.15, 0.2) is 0 Å². The Morgan fingerprint density at radius 1 is 1.22 bits per heavy atom. The minimum atomic E-state index is -0.506. The van der Waals surface area contributed by atoms with Crippen LogP contribution in [-0.4, -0.2) is 96.2 Å². The molecule has 0 aliphatic carbocycles. The number of nitriles is 1. The van der Waals surface area contributed by atoms with Crippen molar-refractivity contribution < 1.29 is 18.7 Å². The molecule has 4 aromatic rings. The van der Waals surface area contributed by atoms with Gasteiger partial charge in [-0.2, -0.15) is 0 Å². The Labute approximate surface area is 276 Å². The van der Waals surface area contributed by atoms with Crippen LogP contribution in [0.4, 0.5) is 4.39 Å². The summed E-state index contributed by atoms with van der Waals surface area (Å²) in [6.45, 7) is 9.10. The molecule has 1 unspecified atom stereocenters. The summed E-state index contributed by atoms with van der Waals surface area (Å²) in [4.78, 5) is 26.8. The van der Waals surface area contributed by atoms with Crippen LogP contribution >= 0.6 is 0 Å². The molecule has 2 fully saturated rings. The molecule has 238 valence electrons. The molecule has 10 nitrogen and oxygen atoms in total. The molecule has 12 heteroatoms. The van der Waals surface area contributed by atoms with E-state index in [1.807, 2.05) is 44.2 Å². The second-order valence-electron chi connectivity index (χ2n) is 12.1. The number of ether oxygens (including phenoxy) is 2. The van der Waals surface area contributed by atoms with Gasteiger partial charge in [-0.05, 0) is 6.54 Å². The van der Waals surface area contributed by atoms with Gasteiger partial charge in [0.05, 0.1) is 19.3 Å². The van der Waals surface area contributed by atoms with E-state index in [4.69, 9.17) is 14.6 Å². The SMILES string of the molecule is CCN(C1COC1)C(C)(C)C=C(C#N)C(=O)N1CCC[C@@H]1Cn1nc(-c2ccc(Oc3ccccc3)cc2F)c2c([AsH2])ncnc21. The quantitative estimate of drug-likeness (QED) is 0.142. The van der Waals surface area contributed by atoms with E-state index in [1.54, 1.807) is 27.8 Å². The molecule has 2 aromatic carbocycles. The maximum absolute atomic E-state index is 15.6. The normalized spacial score (nSPS) is 17.4. The second-order valence-corrected chi connectivity index (χ2v) is 13.3. The predicted octanol–water partition coefficient (Wildman–Crippen LogP) is 3.62. The van der Waals surface area contributed by atoms with Crippen LogP contribution in [0.2, 0.25) is 0 Å². The predicted molar refractivity (Wildman–Crippen MR) is 175 cm³/mol. The fourth-order valence-electron chi connectivity index (χ4n) is 6.49. The van der Waals surface area contributed by atoms with E-state index in [-0.39, 0.29) is 23.6 Å². The van der Waals surface area contributed by atoms with Gasteiger partial charge < -0.3 is 4.74 Å². The van der Waals surface area contributed by atoms with Gasteiger partial charge in [-0.1, -0.05) is 6.92 Å². The van der Waals surface area contributed by atoms with Crippen molar-refractivity contribution >= 4 is 38.3 Å². The Kier molecular flexibility index (Phi) is 9.23. The van der Waals surface area contributed by atoms with Crippen molar-refractivity contribution in [1.29, 1.82) is 5.26 Å². The van der Waals surface area contributed by atoms with Crippen LogP contribution in [0.1, 0.15) is 33.6 Å². The molecule has 1 amide bonds. The van der Waals surface area contributed by atoms with Crippen molar-refractivity contribution in [3.05, 3.63) is 72.3 Å². The van der Waals surface area contributed by atoms with Crippen molar-refractivity contribution in [1.82, 2.24) is 29.5 Å². The molecule has 0 spiro atoms. The second kappa shape index (κ2) is 13.3. The Morgan fingerprint density at radius 2 is 2.00 bits per heavy atom. The van der Waals surface area contributed by atoms with E-state index < -0.39 is 11.4 Å². The van der Waals surface area contributed by atoms with Gasteiger partial charge in [0.1, 0.15) is 0 Å². The molecular formula is C34H37AsFN7O3. The number of likely N-dealkylation sites (N-methyl/N-ethyl adjacent to an activating group) is 1. The summed E-state index contributed by atoms with van der Waals surface area (Å²) < 4.78 is 29.3. The first-order chi connectivity index (χ1) is 22.2. The number of rotatable bonds is 10. The average molecular weight is 686 g/mol. The number of nitrogens with zero attached hydrogens (tertiary/aromatic N) is 7. The molecule has 2 atom stereocenters. The molecule has 2 aromatic heterocycles. The number of hydrogen-bond acceptors (Lipinski definition) is 8. The molecule has 6 rings (SSSR count). The zero-order chi connectivity index (χ0) is 32.4. The molecule has 46 heavy (non-hydrogen) atoms. The van der Waals surface area contributed by atoms with Crippen molar-refractivity contribution in [3.63, 3.8) is 0 Å². The molecule has 0 radical (unpaired) electrons. The fourth-order valence-corrected chi connectivity index (χ4v) is 7.18. The number of aromatic nitrogens is 4. The van der Waals surface area contributed by atoms with Crippen LogP contribution in [0.25, 0.3) is 22.3 Å². The Balaban J connectivity index is 1.27. The molecule has 0 bridgehead atoms. The number of para-hydroxylation sites is 1. The molecule has 2 saturated heterocycles. The number of amides is 1.